The standard InChI is InChI=1S/C30H29N3O5/c1-2-38-27(34)17-19-7-14-23(15-8-19)31-29(35)21-11-9-20(10-12-21)28-32-25-18-22(30(36)37)13-16-26(25)33(28)24-5-3-4-6-24/h7-16,18,24H,2-6,17H2,1H3,(H,31,35)(H,36,37). The van der Waals surface area contributed by atoms with Gasteiger partial charge in [0.15, 0.2) is 0 Å². The molecular formula is C30H29N3O5. The number of hydrogen-bond donors (Lipinski definition) is 2. The number of benzene rings is 3. The van der Waals surface area contributed by atoms with E-state index in [9.17, 15) is 19.5 Å². The van der Waals surface area contributed by atoms with E-state index in [1.165, 1.54) is 0 Å². The third-order valence-corrected chi connectivity index (χ3v) is 6.90. The van der Waals surface area contributed by atoms with Gasteiger partial charge < -0.3 is 19.7 Å². The third kappa shape index (κ3) is 5.29. The van der Waals surface area contributed by atoms with Crippen LogP contribution in [0.3, 0.4) is 0 Å². The zero-order chi connectivity index (χ0) is 26.6. The number of amides is 1. The molecule has 0 aliphatic heterocycles. The third-order valence-electron chi connectivity index (χ3n) is 6.90. The van der Waals surface area contributed by atoms with E-state index < -0.39 is 5.97 Å². The van der Waals surface area contributed by atoms with Gasteiger partial charge in [0.2, 0.25) is 0 Å². The molecule has 5 rings (SSSR count). The average Bonchev–Trinajstić information content (AvgIpc) is 3.57. The quantitative estimate of drug-likeness (QED) is 0.286. The molecule has 194 valence electrons. The predicted octanol–water partition coefficient (Wildman–Crippen LogP) is 5.87. The van der Waals surface area contributed by atoms with Gasteiger partial charge in [-0.2, -0.15) is 0 Å². The smallest absolute Gasteiger partial charge is 0.335 e. The van der Waals surface area contributed by atoms with E-state index in [1.807, 2.05) is 18.2 Å². The first-order valence-corrected chi connectivity index (χ1v) is 12.8. The van der Waals surface area contributed by atoms with Crippen LogP contribution in [0.5, 0.6) is 0 Å². The summed E-state index contributed by atoms with van der Waals surface area (Å²) in [5.41, 5.74) is 4.59. The number of rotatable bonds is 8. The van der Waals surface area contributed by atoms with Crippen molar-refractivity contribution in [2.45, 2.75) is 45.1 Å². The van der Waals surface area contributed by atoms with Gasteiger partial charge in [-0.15, -0.1) is 0 Å². The molecule has 0 saturated heterocycles. The van der Waals surface area contributed by atoms with Crippen molar-refractivity contribution in [1.29, 1.82) is 0 Å². The average molecular weight is 512 g/mol. The molecule has 1 fully saturated rings. The molecule has 1 aliphatic rings. The summed E-state index contributed by atoms with van der Waals surface area (Å²) in [6.07, 6.45) is 4.60. The van der Waals surface area contributed by atoms with Crippen molar-refractivity contribution in [2.24, 2.45) is 0 Å². The number of aromatic nitrogens is 2. The lowest BCUT2D eigenvalue weighted by molar-refractivity contribution is -0.142. The monoisotopic (exact) mass is 511 g/mol. The van der Waals surface area contributed by atoms with Crippen molar-refractivity contribution in [3.63, 3.8) is 0 Å². The highest BCUT2D eigenvalue weighted by atomic mass is 16.5. The van der Waals surface area contributed by atoms with Gasteiger partial charge in [-0.05, 0) is 67.8 Å². The van der Waals surface area contributed by atoms with Crippen molar-refractivity contribution in [2.75, 3.05) is 11.9 Å². The van der Waals surface area contributed by atoms with Gasteiger partial charge in [-0.25, -0.2) is 9.78 Å². The predicted molar refractivity (Wildman–Crippen MR) is 144 cm³/mol. The van der Waals surface area contributed by atoms with Crippen LogP contribution in [-0.2, 0) is 16.0 Å². The van der Waals surface area contributed by atoms with E-state index in [0.717, 1.165) is 48.2 Å². The van der Waals surface area contributed by atoms with E-state index in [2.05, 4.69) is 9.88 Å². The number of nitrogens with zero attached hydrogens (tertiary/aromatic N) is 2. The first kappa shape index (κ1) is 25.2. The number of carbonyl (C=O) groups is 3. The highest BCUT2D eigenvalue weighted by Gasteiger charge is 2.24. The molecule has 0 radical (unpaired) electrons. The Morgan fingerprint density at radius 3 is 2.32 bits per heavy atom. The number of ether oxygens (including phenoxy) is 1. The fourth-order valence-electron chi connectivity index (χ4n) is 5.03. The summed E-state index contributed by atoms with van der Waals surface area (Å²) < 4.78 is 7.19. The molecule has 1 aromatic heterocycles. The minimum absolute atomic E-state index is 0.187. The summed E-state index contributed by atoms with van der Waals surface area (Å²) in [5.74, 6) is -0.732. The number of esters is 1. The molecule has 0 unspecified atom stereocenters. The normalized spacial score (nSPS) is 13.5. The number of carboxylic acid groups (broad SMARTS) is 1. The van der Waals surface area contributed by atoms with Crippen LogP contribution in [0.1, 0.15) is 64.9 Å². The second-order valence-corrected chi connectivity index (χ2v) is 9.46. The Morgan fingerprint density at radius 1 is 0.974 bits per heavy atom. The highest BCUT2D eigenvalue weighted by Crippen LogP contribution is 2.37. The second-order valence-electron chi connectivity index (χ2n) is 9.46. The molecular weight excluding hydrogens is 482 g/mol. The summed E-state index contributed by atoms with van der Waals surface area (Å²) in [5, 5.41) is 12.3. The molecule has 0 atom stereocenters. The first-order chi connectivity index (χ1) is 18.4. The van der Waals surface area contributed by atoms with Gasteiger partial charge in [-0.1, -0.05) is 37.1 Å². The molecule has 1 aliphatic carbocycles. The number of aromatic carboxylic acids is 1. The van der Waals surface area contributed by atoms with Crippen LogP contribution in [-0.4, -0.2) is 39.1 Å². The van der Waals surface area contributed by atoms with Crippen LogP contribution >= 0.6 is 0 Å². The Morgan fingerprint density at radius 2 is 1.66 bits per heavy atom. The molecule has 1 saturated carbocycles. The number of nitrogens with one attached hydrogen (secondary N) is 1. The van der Waals surface area contributed by atoms with Gasteiger partial charge in [0.05, 0.1) is 29.6 Å². The zero-order valence-electron chi connectivity index (χ0n) is 21.1. The molecule has 8 nitrogen and oxygen atoms in total. The molecule has 38 heavy (non-hydrogen) atoms. The molecule has 1 amide bonds. The number of fused-ring (bicyclic) bond motifs is 1. The van der Waals surface area contributed by atoms with Crippen LogP contribution in [0.4, 0.5) is 5.69 Å². The lowest BCUT2D eigenvalue weighted by atomic mass is 10.1. The Hall–Kier alpha value is -4.46. The fraction of sp³-hybridized carbons (Fsp3) is 0.267. The Bertz CT molecular complexity index is 1480. The Balaban J connectivity index is 1.36. The summed E-state index contributed by atoms with van der Waals surface area (Å²) in [4.78, 5) is 40.8. The van der Waals surface area contributed by atoms with Gasteiger partial charge in [0, 0.05) is 22.9 Å². The van der Waals surface area contributed by atoms with Crippen molar-refractivity contribution in [3.05, 3.63) is 83.4 Å². The van der Waals surface area contributed by atoms with Crippen LogP contribution < -0.4 is 5.32 Å². The van der Waals surface area contributed by atoms with E-state index in [-0.39, 0.29) is 23.9 Å². The number of carboxylic acids is 1. The summed E-state index contributed by atoms with van der Waals surface area (Å²) >= 11 is 0. The SMILES string of the molecule is CCOC(=O)Cc1ccc(NC(=O)c2ccc(-c3nc4cc(C(=O)O)ccc4n3C3CCCC3)cc2)cc1. The summed E-state index contributed by atoms with van der Waals surface area (Å²) in [6.45, 7) is 2.11. The van der Waals surface area contributed by atoms with Crippen molar-refractivity contribution in [3.8, 4) is 11.4 Å². The topological polar surface area (TPSA) is 111 Å². The van der Waals surface area contributed by atoms with Crippen molar-refractivity contribution < 1.29 is 24.2 Å². The maximum atomic E-state index is 12.9. The Labute approximate surface area is 220 Å². The summed E-state index contributed by atoms with van der Waals surface area (Å²) in [6, 6.07) is 19.8. The zero-order valence-corrected chi connectivity index (χ0v) is 21.1. The van der Waals surface area contributed by atoms with Crippen LogP contribution in [0.15, 0.2) is 66.7 Å². The number of carbonyl (C=O) groups excluding carboxylic acids is 2. The van der Waals surface area contributed by atoms with Crippen LogP contribution in [0.25, 0.3) is 22.4 Å². The minimum atomic E-state index is -0.979. The van der Waals surface area contributed by atoms with Gasteiger partial charge in [0.1, 0.15) is 5.82 Å². The van der Waals surface area contributed by atoms with Crippen molar-refractivity contribution >= 4 is 34.6 Å². The van der Waals surface area contributed by atoms with Crippen LogP contribution in [0, 0.1) is 0 Å². The number of imidazole rings is 1. The fourth-order valence-corrected chi connectivity index (χ4v) is 5.03. The van der Waals surface area contributed by atoms with E-state index in [4.69, 9.17) is 9.72 Å². The van der Waals surface area contributed by atoms with Gasteiger partial charge in [0.25, 0.3) is 5.91 Å². The summed E-state index contributed by atoms with van der Waals surface area (Å²) in [7, 11) is 0. The molecule has 0 bridgehead atoms. The molecule has 1 heterocycles. The lowest BCUT2D eigenvalue weighted by Gasteiger charge is -2.17. The largest absolute Gasteiger partial charge is 0.478 e. The van der Waals surface area contributed by atoms with Gasteiger partial charge >= 0.3 is 11.9 Å². The Kier molecular flexibility index (Phi) is 7.22. The molecule has 3 aromatic carbocycles. The molecule has 2 N–H and O–H groups in total. The molecule has 0 spiro atoms. The van der Waals surface area contributed by atoms with Crippen LogP contribution in [0.2, 0.25) is 0 Å². The number of anilines is 1. The first-order valence-electron chi connectivity index (χ1n) is 12.8. The molecule has 4 aromatic rings. The van der Waals surface area contributed by atoms with Crippen molar-refractivity contribution in [1.82, 2.24) is 9.55 Å². The maximum Gasteiger partial charge on any atom is 0.335 e. The number of hydrogen-bond acceptors (Lipinski definition) is 5. The molecule has 8 heteroatoms. The van der Waals surface area contributed by atoms with E-state index >= 15 is 0 Å². The maximum absolute atomic E-state index is 12.9. The van der Waals surface area contributed by atoms with Gasteiger partial charge in [-0.3, -0.25) is 9.59 Å². The lowest BCUT2D eigenvalue weighted by Crippen LogP contribution is -2.12. The minimum Gasteiger partial charge on any atom is -0.478 e. The second kappa shape index (κ2) is 10.9. The highest BCUT2D eigenvalue weighted by molar-refractivity contribution is 6.04. The van der Waals surface area contributed by atoms with E-state index in [0.29, 0.717) is 29.4 Å². The van der Waals surface area contributed by atoms with E-state index in [1.54, 1.807) is 55.5 Å².